The van der Waals surface area contributed by atoms with E-state index in [1.807, 2.05) is 18.2 Å². The summed E-state index contributed by atoms with van der Waals surface area (Å²) in [7, 11) is 0. The molecule has 5 nitrogen and oxygen atoms in total. The lowest BCUT2D eigenvalue weighted by molar-refractivity contribution is -0.384. The fourth-order valence-corrected chi connectivity index (χ4v) is 2.35. The minimum atomic E-state index is -0.485. The molecule has 0 spiro atoms. The topological polar surface area (TPSA) is 65.3 Å². The average Bonchev–Trinajstić information content (AvgIpc) is 2.85. The Kier molecular flexibility index (Phi) is 2.83. The molecule has 0 saturated heterocycles. The summed E-state index contributed by atoms with van der Waals surface area (Å²) in [6, 6.07) is 8.33. The zero-order valence-electron chi connectivity index (χ0n) is 9.80. The first kappa shape index (κ1) is 11.9. The van der Waals surface area contributed by atoms with E-state index < -0.39 is 4.92 Å². The van der Waals surface area contributed by atoms with Crippen molar-refractivity contribution in [2.75, 3.05) is 6.61 Å². The first-order valence-corrected chi connectivity index (χ1v) is 6.10. The number of para-hydroxylation sites is 1. The molecule has 0 aliphatic carbocycles. The Bertz CT molecular complexity index is 673. The molecule has 2 aromatic rings. The Balaban J connectivity index is 2.17. The number of rotatable bonds is 2. The van der Waals surface area contributed by atoms with Crippen molar-refractivity contribution in [2.24, 2.45) is 0 Å². The monoisotopic (exact) mass is 276 g/mol. The number of nitro groups is 1. The van der Waals surface area contributed by atoms with E-state index in [1.54, 1.807) is 0 Å². The summed E-state index contributed by atoms with van der Waals surface area (Å²) in [5, 5.41) is 11.0. The molecule has 0 unspecified atom stereocenters. The van der Waals surface area contributed by atoms with Crippen LogP contribution in [0.4, 0.5) is 5.69 Å². The molecule has 0 fully saturated rings. The molecule has 1 aromatic heterocycles. The second kappa shape index (κ2) is 4.51. The first-order valence-electron chi connectivity index (χ1n) is 5.72. The number of pyridine rings is 1. The molecule has 0 bridgehead atoms. The van der Waals surface area contributed by atoms with E-state index in [9.17, 15) is 10.1 Å². The van der Waals surface area contributed by atoms with Crippen LogP contribution in [0.1, 0.15) is 5.56 Å². The number of hydrogen-bond donors (Lipinski definition) is 0. The van der Waals surface area contributed by atoms with Crippen molar-refractivity contribution < 1.29 is 9.66 Å². The highest BCUT2D eigenvalue weighted by Crippen LogP contribution is 2.37. The van der Waals surface area contributed by atoms with Gasteiger partial charge in [-0.3, -0.25) is 10.1 Å². The molecule has 0 saturated carbocycles. The number of aromatic nitrogens is 1. The summed E-state index contributed by atoms with van der Waals surface area (Å²) >= 11 is 5.84. The highest BCUT2D eigenvalue weighted by Gasteiger charge is 2.20. The molecule has 1 aliphatic heterocycles. The van der Waals surface area contributed by atoms with Crippen LogP contribution < -0.4 is 4.74 Å². The Morgan fingerprint density at radius 3 is 3.00 bits per heavy atom. The number of benzene rings is 1. The summed E-state index contributed by atoms with van der Waals surface area (Å²) in [6.07, 6.45) is 0.839. The predicted octanol–water partition coefficient (Wildman–Crippen LogP) is 3.25. The van der Waals surface area contributed by atoms with Gasteiger partial charge in [0.05, 0.1) is 23.3 Å². The highest BCUT2D eigenvalue weighted by molar-refractivity contribution is 6.29. The van der Waals surface area contributed by atoms with Gasteiger partial charge in [0, 0.05) is 18.1 Å². The van der Waals surface area contributed by atoms with Crippen LogP contribution in [0.2, 0.25) is 5.15 Å². The predicted molar refractivity (Wildman–Crippen MR) is 70.5 cm³/mol. The van der Waals surface area contributed by atoms with Crippen LogP contribution >= 0.6 is 11.6 Å². The smallest absolute Gasteiger partial charge is 0.274 e. The minimum absolute atomic E-state index is 0.0781. The quantitative estimate of drug-likeness (QED) is 0.480. The van der Waals surface area contributed by atoms with E-state index in [-0.39, 0.29) is 10.8 Å². The van der Waals surface area contributed by atoms with Gasteiger partial charge in [-0.1, -0.05) is 23.7 Å². The molecule has 1 aromatic carbocycles. The van der Waals surface area contributed by atoms with Gasteiger partial charge in [0.1, 0.15) is 10.9 Å². The van der Waals surface area contributed by atoms with Gasteiger partial charge in [-0.2, -0.15) is 0 Å². The Hall–Kier alpha value is -2.14. The lowest BCUT2D eigenvalue weighted by atomic mass is 10.0. The summed E-state index contributed by atoms with van der Waals surface area (Å²) in [4.78, 5) is 14.5. The van der Waals surface area contributed by atoms with Gasteiger partial charge in [-0.15, -0.1) is 0 Å². The Morgan fingerprint density at radius 2 is 2.21 bits per heavy atom. The molecular weight excluding hydrogens is 268 g/mol. The molecule has 3 rings (SSSR count). The van der Waals surface area contributed by atoms with Crippen LogP contribution in [0.3, 0.4) is 0 Å². The average molecular weight is 277 g/mol. The van der Waals surface area contributed by atoms with E-state index in [0.29, 0.717) is 12.3 Å². The van der Waals surface area contributed by atoms with E-state index in [2.05, 4.69) is 4.98 Å². The van der Waals surface area contributed by atoms with Gasteiger partial charge in [0.25, 0.3) is 5.69 Å². The third-order valence-corrected chi connectivity index (χ3v) is 3.17. The maximum absolute atomic E-state index is 10.9. The number of ether oxygens (including phenoxy) is 1. The number of fused-ring (bicyclic) bond motifs is 1. The molecule has 0 amide bonds. The fourth-order valence-electron chi connectivity index (χ4n) is 2.14. The van der Waals surface area contributed by atoms with Crippen molar-refractivity contribution in [1.82, 2.24) is 4.98 Å². The normalized spacial score (nSPS) is 12.9. The van der Waals surface area contributed by atoms with Crippen LogP contribution in [0.25, 0.3) is 11.3 Å². The molecule has 0 atom stereocenters. The van der Waals surface area contributed by atoms with Crippen LogP contribution in [0.5, 0.6) is 5.75 Å². The molecule has 1 aliphatic rings. The van der Waals surface area contributed by atoms with E-state index in [4.69, 9.17) is 16.3 Å². The molecule has 0 N–H and O–H groups in total. The third kappa shape index (κ3) is 2.13. The second-order valence-corrected chi connectivity index (χ2v) is 4.57. The van der Waals surface area contributed by atoms with Gasteiger partial charge in [-0.25, -0.2) is 4.98 Å². The molecule has 96 valence electrons. The Morgan fingerprint density at radius 1 is 1.37 bits per heavy atom. The van der Waals surface area contributed by atoms with E-state index in [0.717, 1.165) is 23.3 Å². The van der Waals surface area contributed by atoms with Crippen molar-refractivity contribution in [2.45, 2.75) is 6.42 Å². The fraction of sp³-hybridized carbons (Fsp3) is 0.154. The second-order valence-electron chi connectivity index (χ2n) is 4.18. The van der Waals surface area contributed by atoms with Gasteiger partial charge >= 0.3 is 0 Å². The van der Waals surface area contributed by atoms with E-state index in [1.165, 1.54) is 12.1 Å². The standard InChI is InChI=1S/C13H9ClN2O3/c14-12-7-9(16(17)18)6-11(15-12)10-3-1-2-8-4-5-19-13(8)10/h1-3,6-7H,4-5H2. The summed E-state index contributed by atoms with van der Waals surface area (Å²) in [5.41, 5.74) is 2.20. The number of hydrogen-bond acceptors (Lipinski definition) is 4. The maximum Gasteiger partial charge on any atom is 0.274 e. The van der Waals surface area contributed by atoms with Gasteiger partial charge in [0.2, 0.25) is 0 Å². The van der Waals surface area contributed by atoms with E-state index >= 15 is 0 Å². The number of nitrogens with zero attached hydrogens (tertiary/aromatic N) is 2. The van der Waals surface area contributed by atoms with Crippen LogP contribution in [0, 0.1) is 10.1 Å². The van der Waals surface area contributed by atoms with Gasteiger partial charge in [0.15, 0.2) is 0 Å². The lowest BCUT2D eigenvalue weighted by Crippen LogP contribution is -1.94. The molecule has 0 radical (unpaired) electrons. The van der Waals surface area contributed by atoms with Crippen molar-refractivity contribution in [3.63, 3.8) is 0 Å². The van der Waals surface area contributed by atoms with Crippen molar-refractivity contribution >= 4 is 17.3 Å². The zero-order valence-corrected chi connectivity index (χ0v) is 10.6. The van der Waals surface area contributed by atoms with Crippen LogP contribution in [-0.2, 0) is 6.42 Å². The minimum Gasteiger partial charge on any atom is -0.492 e. The number of halogens is 1. The zero-order chi connectivity index (χ0) is 13.4. The van der Waals surface area contributed by atoms with Crippen molar-refractivity contribution in [3.05, 3.63) is 51.2 Å². The van der Waals surface area contributed by atoms with Crippen molar-refractivity contribution in [3.8, 4) is 17.0 Å². The van der Waals surface area contributed by atoms with Crippen molar-refractivity contribution in [1.29, 1.82) is 0 Å². The summed E-state index contributed by atoms with van der Waals surface area (Å²) in [6.45, 7) is 0.620. The highest BCUT2D eigenvalue weighted by atomic mass is 35.5. The van der Waals surface area contributed by atoms with Crippen LogP contribution in [0.15, 0.2) is 30.3 Å². The maximum atomic E-state index is 10.9. The lowest BCUT2D eigenvalue weighted by Gasteiger charge is -2.07. The van der Waals surface area contributed by atoms with Gasteiger partial charge < -0.3 is 4.74 Å². The largest absolute Gasteiger partial charge is 0.492 e. The first-order chi connectivity index (χ1) is 9.15. The van der Waals surface area contributed by atoms with Gasteiger partial charge in [-0.05, 0) is 11.6 Å². The molecule has 19 heavy (non-hydrogen) atoms. The molecular formula is C13H9ClN2O3. The van der Waals surface area contributed by atoms with Crippen LogP contribution in [-0.4, -0.2) is 16.5 Å². The summed E-state index contributed by atoms with van der Waals surface area (Å²) in [5.74, 6) is 0.742. The molecule has 2 heterocycles. The summed E-state index contributed by atoms with van der Waals surface area (Å²) < 4.78 is 5.57. The Labute approximate surface area is 114 Å². The SMILES string of the molecule is O=[N+]([O-])c1cc(Cl)nc(-c2cccc3c2OCC3)c1. The third-order valence-electron chi connectivity index (χ3n) is 2.98. The molecule has 6 heteroatoms.